The summed E-state index contributed by atoms with van der Waals surface area (Å²) in [5.74, 6) is 0. The summed E-state index contributed by atoms with van der Waals surface area (Å²) in [5.41, 5.74) is 5.16. The first kappa shape index (κ1) is 50.6. The first-order valence-electron chi connectivity index (χ1n) is 22.4. The molecule has 0 unspecified atom stereocenters. The van der Waals surface area contributed by atoms with Crippen LogP contribution in [0.3, 0.4) is 0 Å². The minimum atomic E-state index is 1.27. The van der Waals surface area contributed by atoms with E-state index in [1.165, 1.54) is 86.9 Å². The van der Waals surface area contributed by atoms with Gasteiger partial charge in [-0.3, -0.25) is 0 Å². The summed E-state index contributed by atoms with van der Waals surface area (Å²) in [6, 6.07) is 57.2. The van der Waals surface area contributed by atoms with Gasteiger partial charge >= 0.3 is 0 Å². The molecule has 9 aromatic rings. The third kappa shape index (κ3) is 11.8. The molecule has 58 heavy (non-hydrogen) atoms. The van der Waals surface area contributed by atoms with Crippen LogP contribution in [0.2, 0.25) is 0 Å². The lowest BCUT2D eigenvalue weighted by atomic mass is 9.92. The maximum atomic E-state index is 2.35. The molecule has 0 aliphatic carbocycles. The van der Waals surface area contributed by atoms with E-state index in [1.807, 2.05) is 96.9 Å². The summed E-state index contributed by atoms with van der Waals surface area (Å²) in [6.45, 7) is 32.3. The van der Waals surface area contributed by atoms with Crippen LogP contribution in [-0.2, 0) is 0 Å². The Kier molecular flexibility index (Phi) is 24.4. The van der Waals surface area contributed by atoms with Crippen LogP contribution in [0, 0.1) is 13.8 Å². The molecule has 0 heteroatoms. The van der Waals surface area contributed by atoms with Crippen molar-refractivity contribution in [1.82, 2.24) is 0 Å². The highest BCUT2D eigenvalue weighted by Gasteiger charge is 2.10. The summed E-state index contributed by atoms with van der Waals surface area (Å²) in [6.07, 6.45) is 0. The van der Waals surface area contributed by atoms with Crippen LogP contribution < -0.4 is 0 Å². The van der Waals surface area contributed by atoms with Crippen LogP contribution in [0.1, 0.15) is 108 Å². The third-order valence-electron chi connectivity index (χ3n) is 9.00. The van der Waals surface area contributed by atoms with E-state index >= 15 is 0 Å². The highest BCUT2D eigenvalue weighted by atomic mass is 14.1. The Bertz CT molecular complexity index is 2440. The predicted octanol–water partition coefficient (Wildman–Crippen LogP) is 19.8. The van der Waals surface area contributed by atoms with E-state index in [0.717, 1.165) is 0 Å². The second-order valence-electron chi connectivity index (χ2n) is 11.9. The topological polar surface area (TPSA) is 0 Å². The van der Waals surface area contributed by atoms with Gasteiger partial charge in [0.1, 0.15) is 0 Å². The number of benzene rings is 9. The van der Waals surface area contributed by atoms with Crippen LogP contribution in [0.15, 0.2) is 158 Å². The molecule has 0 amide bonds. The number of fused-ring (bicyclic) bond motifs is 12. The van der Waals surface area contributed by atoms with E-state index in [9.17, 15) is 0 Å². The molecule has 0 radical (unpaired) electrons. The van der Waals surface area contributed by atoms with Crippen molar-refractivity contribution in [3.63, 3.8) is 0 Å². The van der Waals surface area contributed by atoms with Crippen molar-refractivity contribution in [2.45, 2.75) is 111 Å². The van der Waals surface area contributed by atoms with Crippen molar-refractivity contribution in [3.05, 3.63) is 169 Å². The van der Waals surface area contributed by atoms with E-state index in [4.69, 9.17) is 0 Å². The van der Waals surface area contributed by atoms with Crippen LogP contribution in [-0.4, -0.2) is 0 Å². The van der Waals surface area contributed by atoms with Crippen LogP contribution >= 0.6 is 0 Å². The van der Waals surface area contributed by atoms with Gasteiger partial charge in [-0.15, -0.1) is 0 Å². The fourth-order valence-electron chi connectivity index (χ4n) is 6.93. The zero-order chi connectivity index (χ0) is 43.6. The maximum Gasteiger partial charge on any atom is -0.00928 e. The summed E-state index contributed by atoms with van der Waals surface area (Å²) in [7, 11) is 0. The van der Waals surface area contributed by atoms with Gasteiger partial charge in [-0.1, -0.05) is 260 Å². The van der Waals surface area contributed by atoms with Crippen molar-refractivity contribution in [2.75, 3.05) is 0 Å². The van der Waals surface area contributed by atoms with Gasteiger partial charge < -0.3 is 0 Å². The zero-order valence-electron chi connectivity index (χ0n) is 39.0. The first-order valence-corrected chi connectivity index (χ1v) is 22.4. The molecule has 9 aromatic carbocycles. The Morgan fingerprint density at radius 1 is 0.190 bits per heavy atom. The van der Waals surface area contributed by atoms with Crippen molar-refractivity contribution in [1.29, 1.82) is 0 Å². The Labute approximate surface area is 354 Å². The highest BCUT2D eigenvalue weighted by molar-refractivity contribution is 6.26. The molecule has 0 aliphatic rings. The molecular formula is C58H74. The molecule has 0 spiro atoms. The van der Waals surface area contributed by atoms with E-state index in [0.29, 0.717) is 0 Å². The van der Waals surface area contributed by atoms with Crippen LogP contribution in [0.4, 0.5) is 0 Å². The molecule has 0 bridgehead atoms. The molecule has 306 valence electrons. The summed E-state index contributed by atoms with van der Waals surface area (Å²) < 4.78 is 0. The minimum absolute atomic E-state index is 1.27. The SMILES string of the molecule is CC.CC.CC.CC.CC.CC.CC.Cc1ccc2c3ccccc3c3ccccc3c2c1.Cc1cccc(-c2ccc3c4ccccc4c4ccccc4c3c2)c1. The van der Waals surface area contributed by atoms with Gasteiger partial charge in [0, 0.05) is 0 Å². The molecule has 0 aliphatic heterocycles. The molecule has 0 fully saturated rings. The van der Waals surface area contributed by atoms with Gasteiger partial charge in [0.15, 0.2) is 0 Å². The van der Waals surface area contributed by atoms with Gasteiger partial charge in [0.25, 0.3) is 0 Å². The predicted molar refractivity (Wildman–Crippen MR) is 272 cm³/mol. The fourth-order valence-corrected chi connectivity index (χ4v) is 6.93. The third-order valence-corrected chi connectivity index (χ3v) is 9.00. The zero-order valence-corrected chi connectivity index (χ0v) is 39.0. The lowest BCUT2D eigenvalue weighted by molar-refractivity contribution is 1.47. The van der Waals surface area contributed by atoms with Crippen molar-refractivity contribution in [2.24, 2.45) is 0 Å². The van der Waals surface area contributed by atoms with E-state index in [1.54, 1.807) is 0 Å². The lowest BCUT2D eigenvalue weighted by Crippen LogP contribution is -1.85. The fraction of sp³-hybridized carbons (Fsp3) is 0.276. The molecule has 0 saturated heterocycles. The molecule has 0 aromatic heterocycles. The van der Waals surface area contributed by atoms with E-state index in [-0.39, 0.29) is 0 Å². The summed E-state index contributed by atoms with van der Waals surface area (Å²) in [4.78, 5) is 0. The Balaban J connectivity index is 0.000000455. The average molecular weight is 771 g/mol. The quantitative estimate of drug-likeness (QED) is 0.146. The van der Waals surface area contributed by atoms with Crippen LogP contribution in [0.5, 0.6) is 0 Å². The standard InChI is InChI=1S/C25H18.C19H14.7C2H6/c1-17-7-6-8-18(15-17)19-13-14-24-22-11-3-2-9-20(22)21-10-4-5-12-23(21)25(24)16-19;1-13-10-11-18-16-8-3-2-6-14(16)15-7-4-5-9-17(15)19(18)12-13;7*1-2/h2-16H,1H3;2-12H,1H3;7*1-2H3. The van der Waals surface area contributed by atoms with Gasteiger partial charge in [-0.05, 0) is 95.7 Å². The smallest absolute Gasteiger partial charge is 0.00928 e. The first-order chi connectivity index (χ1) is 28.7. The van der Waals surface area contributed by atoms with Crippen molar-refractivity contribution in [3.8, 4) is 11.1 Å². The second kappa shape index (κ2) is 28.0. The minimum Gasteiger partial charge on any atom is -0.0683 e. The summed E-state index contributed by atoms with van der Waals surface area (Å²) >= 11 is 0. The normalized spacial score (nSPS) is 9.38. The molecular weight excluding hydrogens is 697 g/mol. The summed E-state index contributed by atoms with van der Waals surface area (Å²) in [5, 5.41) is 16.0. The van der Waals surface area contributed by atoms with Gasteiger partial charge in [0.05, 0.1) is 0 Å². The largest absolute Gasteiger partial charge is 0.0683 e. The van der Waals surface area contributed by atoms with Gasteiger partial charge in [-0.25, -0.2) is 0 Å². The highest BCUT2D eigenvalue weighted by Crippen LogP contribution is 2.37. The molecule has 0 nitrogen and oxygen atoms in total. The van der Waals surface area contributed by atoms with Crippen molar-refractivity contribution >= 4 is 64.6 Å². The Morgan fingerprint density at radius 3 is 0.793 bits per heavy atom. The van der Waals surface area contributed by atoms with Gasteiger partial charge in [0.2, 0.25) is 0 Å². The van der Waals surface area contributed by atoms with Gasteiger partial charge in [-0.2, -0.15) is 0 Å². The van der Waals surface area contributed by atoms with E-state index < -0.39 is 0 Å². The van der Waals surface area contributed by atoms with E-state index in [2.05, 4.69) is 172 Å². The molecule has 0 saturated carbocycles. The second-order valence-corrected chi connectivity index (χ2v) is 11.9. The molecule has 0 atom stereocenters. The number of aryl methyl sites for hydroxylation is 2. The molecule has 0 heterocycles. The maximum absolute atomic E-state index is 2.35. The number of hydrogen-bond acceptors (Lipinski definition) is 0. The monoisotopic (exact) mass is 771 g/mol. The average Bonchev–Trinajstić information content (AvgIpc) is 3.34. The van der Waals surface area contributed by atoms with Crippen LogP contribution in [0.25, 0.3) is 75.8 Å². The van der Waals surface area contributed by atoms with Crippen molar-refractivity contribution < 1.29 is 0 Å². The lowest BCUT2D eigenvalue weighted by Gasteiger charge is -2.12. The number of rotatable bonds is 1. The Morgan fingerprint density at radius 2 is 0.448 bits per heavy atom. The number of hydrogen-bond donors (Lipinski definition) is 0. The molecule has 9 rings (SSSR count). The molecule has 0 N–H and O–H groups in total. The Hall–Kier alpha value is -5.46.